The van der Waals surface area contributed by atoms with Gasteiger partial charge in [0.25, 0.3) is 0 Å². The molecule has 6 heteroatoms. The molecule has 2 aliphatic rings. The van der Waals surface area contributed by atoms with Gasteiger partial charge in [-0.3, -0.25) is 4.79 Å². The van der Waals surface area contributed by atoms with E-state index >= 15 is 0 Å². The lowest BCUT2D eigenvalue weighted by Crippen LogP contribution is -2.19. The van der Waals surface area contributed by atoms with Gasteiger partial charge in [0.1, 0.15) is 0 Å². The normalized spacial score (nSPS) is 20.4. The van der Waals surface area contributed by atoms with Crippen LogP contribution < -0.4 is 10.2 Å². The average molecular weight is 406 g/mol. The number of hydrogen-bond acceptors (Lipinski definition) is 4. The van der Waals surface area contributed by atoms with Gasteiger partial charge in [0.15, 0.2) is 5.13 Å². The molecule has 0 bridgehead atoms. The van der Waals surface area contributed by atoms with Gasteiger partial charge in [-0.1, -0.05) is 23.5 Å². The van der Waals surface area contributed by atoms with E-state index in [1.165, 1.54) is 24.0 Å². The molecule has 1 atom stereocenters. The molecule has 0 spiro atoms. The molecule has 4 rings (SSSR count). The van der Waals surface area contributed by atoms with Crippen LogP contribution in [0.15, 0.2) is 28.2 Å². The Labute approximate surface area is 154 Å². The quantitative estimate of drug-likeness (QED) is 0.798. The highest BCUT2D eigenvalue weighted by Crippen LogP contribution is 2.43. The molecule has 1 aliphatic heterocycles. The lowest BCUT2D eigenvalue weighted by molar-refractivity contribution is -0.114. The van der Waals surface area contributed by atoms with Crippen molar-refractivity contribution >= 4 is 44.0 Å². The second kappa shape index (κ2) is 6.48. The Morgan fingerprint density at radius 1 is 1.33 bits per heavy atom. The number of aromatic nitrogens is 1. The highest BCUT2D eigenvalue weighted by Gasteiger charge is 2.30. The summed E-state index contributed by atoms with van der Waals surface area (Å²) in [5, 5.41) is 4.09. The molecule has 126 valence electrons. The molecule has 1 unspecified atom stereocenters. The molecule has 4 nitrogen and oxygen atoms in total. The van der Waals surface area contributed by atoms with E-state index < -0.39 is 0 Å². The Morgan fingerprint density at radius 2 is 2.17 bits per heavy atom. The number of halogens is 1. The third kappa shape index (κ3) is 3.35. The zero-order valence-corrected chi connectivity index (χ0v) is 16.0. The second-order valence-electron chi connectivity index (χ2n) is 6.68. The first kappa shape index (κ1) is 16.1. The highest BCUT2D eigenvalue weighted by molar-refractivity contribution is 9.11. The topological polar surface area (TPSA) is 45.2 Å². The fourth-order valence-electron chi connectivity index (χ4n) is 3.47. The fourth-order valence-corrected chi connectivity index (χ4v) is 4.69. The minimum atomic E-state index is -0.00544. The van der Waals surface area contributed by atoms with Crippen molar-refractivity contribution in [3.63, 3.8) is 0 Å². The Kier molecular flexibility index (Phi) is 4.35. The predicted molar refractivity (Wildman–Crippen MR) is 102 cm³/mol. The van der Waals surface area contributed by atoms with Crippen LogP contribution in [0.25, 0.3) is 0 Å². The van der Waals surface area contributed by atoms with Gasteiger partial charge < -0.3 is 10.2 Å². The Bertz CT molecular complexity index is 771. The number of thiazole rings is 1. The Hall–Kier alpha value is -1.40. The summed E-state index contributed by atoms with van der Waals surface area (Å²) in [6.07, 6.45) is 5.55. The monoisotopic (exact) mass is 405 g/mol. The van der Waals surface area contributed by atoms with Gasteiger partial charge in [-0.2, -0.15) is 0 Å². The fraction of sp³-hybridized carbons (Fsp3) is 0.444. The van der Waals surface area contributed by atoms with Crippen LogP contribution >= 0.6 is 27.3 Å². The molecule has 0 radical (unpaired) electrons. The molecule has 2 fully saturated rings. The van der Waals surface area contributed by atoms with Crippen LogP contribution in [0.3, 0.4) is 0 Å². The molecule has 2 aromatic rings. The van der Waals surface area contributed by atoms with E-state index in [9.17, 15) is 4.79 Å². The molecule has 1 aromatic carbocycles. The smallest absolute Gasteiger partial charge is 0.221 e. The van der Waals surface area contributed by atoms with E-state index in [2.05, 4.69) is 49.3 Å². The van der Waals surface area contributed by atoms with E-state index in [0.29, 0.717) is 5.92 Å². The molecule has 2 heterocycles. The second-order valence-corrected chi connectivity index (χ2v) is 9.07. The van der Waals surface area contributed by atoms with Crippen LogP contribution in [0.2, 0.25) is 0 Å². The van der Waals surface area contributed by atoms with E-state index in [1.54, 1.807) is 18.3 Å². The Morgan fingerprint density at radius 3 is 2.83 bits per heavy atom. The summed E-state index contributed by atoms with van der Waals surface area (Å²) in [5.74, 6) is 1.16. The summed E-state index contributed by atoms with van der Waals surface area (Å²) in [5.41, 5.74) is 3.68. The number of anilines is 2. The summed E-state index contributed by atoms with van der Waals surface area (Å²) in [7, 11) is 0. The number of carbonyl (C=O) groups is 1. The molecule has 1 amide bonds. The van der Waals surface area contributed by atoms with Crippen LogP contribution in [0.5, 0.6) is 0 Å². The number of carbonyl (C=O) groups excluding carboxylic acids is 1. The third-order valence-electron chi connectivity index (χ3n) is 4.80. The van der Waals surface area contributed by atoms with Gasteiger partial charge >= 0.3 is 0 Å². The summed E-state index contributed by atoms with van der Waals surface area (Å²) >= 11 is 5.17. The van der Waals surface area contributed by atoms with Crippen molar-refractivity contribution in [3.05, 3.63) is 39.3 Å². The molecule has 1 saturated heterocycles. The number of nitrogens with zero attached hydrogens (tertiary/aromatic N) is 2. The van der Waals surface area contributed by atoms with Crippen molar-refractivity contribution < 1.29 is 4.79 Å². The van der Waals surface area contributed by atoms with Gasteiger partial charge in [0.2, 0.25) is 5.91 Å². The largest absolute Gasteiger partial charge is 0.347 e. The zero-order chi connectivity index (χ0) is 16.7. The number of amides is 1. The van der Waals surface area contributed by atoms with Crippen molar-refractivity contribution in [1.82, 2.24) is 4.98 Å². The standard InChI is InChI=1S/C18H20BrN3OS/c1-11(23)21-16-5-4-13(12-2-3-12)8-15(16)14-6-7-22(10-14)18-20-9-17(19)24-18/h4-5,8-9,12,14H,2-3,6-7,10H2,1H3,(H,21,23). The Balaban J connectivity index is 1.60. The summed E-state index contributed by atoms with van der Waals surface area (Å²) in [4.78, 5) is 18.4. The van der Waals surface area contributed by atoms with E-state index in [4.69, 9.17) is 0 Å². The number of rotatable bonds is 4. The van der Waals surface area contributed by atoms with E-state index in [1.807, 2.05) is 6.20 Å². The summed E-state index contributed by atoms with van der Waals surface area (Å²) in [6, 6.07) is 6.60. The zero-order valence-electron chi connectivity index (χ0n) is 13.6. The van der Waals surface area contributed by atoms with Crippen molar-refractivity contribution in [2.45, 2.75) is 38.0 Å². The average Bonchev–Trinajstić information content (AvgIpc) is 3.12. The SMILES string of the molecule is CC(=O)Nc1ccc(C2CC2)cc1C1CCN(c2ncc(Br)s2)C1. The number of hydrogen-bond donors (Lipinski definition) is 1. The van der Waals surface area contributed by atoms with Crippen LogP contribution in [-0.4, -0.2) is 24.0 Å². The van der Waals surface area contributed by atoms with Crippen LogP contribution in [-0.2, 0) is 4.79 Å². The first-order valence-corrected chi connectivity index (χ1v) is 9.99. The lowest BCUT2D eigenvalue weighted by atomic mass is 9.93. The maximum absolute atomic E-state index is 11.6. The van der Waals surface area contributed by atoms with Gasteiger partial charge in [-0.25, -0.2) is 4.98 Å². The van der Waals surface area contributed by atoms with E-state index in [-0.39, 0.29) is 5.91 Å². The maximum atomic E-state index is 11.6. The van der Waals surface area contributed by atoms with Gasteiger partial charge in [0.05, 0.1) is 9.98 Å². The first-order valence-electron chi connectivity index (χ1n) is 8.38. The molecular weight excluding hydrogens is 386 g/mol. The third-order valence-corrected chi connectivity index (χ3v) is 6.34. The number of nitrogens with one attached hydrogen (secondary N) is 1. The summed E-state index contributed by atoms with van der Waals surface area (Å²) < 4.78 is 1.07. The van der Waals surface area contributed by atoms with Crippen molar-refractivity contribution in [2.75, 3.05) is 23.3 Å². The maximum Gasteiger partial charge on any atom is 0.221 e. The predicted octanol–water partition coefficient (Wildman–Crippen LogP) is 4.74. The van der Waals surface area contributed by atoms with Crippen molar-refractivity contribution in [2.24, 2.45) is 0 Å². The molecule has 1 N–H and O–H groups in total. The van der Waals surface area contributed by atoms with Crippen LogP contribution in [0, 0.1) is 0 Å². The number of benzene rings is 1. The first-order chi connectivity index (χ1) is 11.6. The van der Waals surface area contributed by atoms with Gasteiger partial charge in [-0.15, -0.1) is 0 Å². The molecular formula is C18H20BrN3OS. The summed E-state index contributed by atoms with van der Waals surface area (Å²) in [6.45, 7) is 3.55. The highest BCUT2D eigenvalue weighted by atomic mass is 79.9. The van der Waals surface area contributed by atoms with Crippen molar-refractivity contribution in [3.8, 4) is 0 Å². The minimum absolute atomic E-state index is 0.00544. The molecule has 1 saturated carbocycles. The van der Waals surface area contributed by atoms with Gasteiger partial charge in [0, 0.05) is 31.6 Å². The van der Waals surface area contributed by atoms with E-state index in [0.717, 1.165) is 40.0 Å². The van der Waals surface area contributed by atoms with Gasteiger partial charge in [-0.05, 0) is 58.3 Å². The van der Waals surface area contributed by atoms with Crippen LogP contribution in [0.4, 0.5) is 10.8 Å². The van der Waals surface area contributed by atoms with Crippen LogP contribution in [0.1, 0.15) is 49.1 Å². The molecule has 24 heavy (non-hydrogen) atoms. The molecule has 1 aromatic heterocycles. The lowest BCUT2D eigenvalue weighted by Gasteiger charge is -2.19. The molecule has 1 aliphatic carbocycles. The minimum Gasteiger partial charge on any atom is -0.347 e. The van der Waals surface area contributed by atoms with Crippen molar-refractivity contribution in [1.29, 1.82) is 0 Å².